The number of para-hydroxylation sites is 1. The number of thiophene rings is 1. The molecule has 24 heavy (non-hydrogen) atoms. The summed E-state index contributed by atoms with van der Waals surface area (Å²) in [6.45, 7) is -0.00528. The lowest BCUT2D eigenvalue weighted by atomic mass is 9.95. The summed E-state index contributed by atoms with van der Waals surface area (Å²) in [6.07, 6.45) is 4.33. The predicted octanol–water partition coefficient (Wildman–Crippen LogP) is 3.99. The number of fused-ring (bicyclic) bond motifs is 1. The van der Waals surface area contributed by atoms with E-state index in [1.807, 2.05) is 5.38 Å². The van der Waals surface area contributed by atoms with Gasteiger partial charge in [0.2, 0.25) is 5.91 Å². The van der Waals surface area contributed by atoms with Crippen LogP contribution in [0.25, 0.3) is 0 Å². The highest BCUT2D eigenvalue weighted by Crippen LogP contribution is 2.30. The first-order valence-electron chi connectivity index (χ1n) is 7.95. The van der Waals surface area contributed by atoms with Gasteiger partial charge in [-0.15, -0.1) is 11.3 Å². The zero-order chi connectivity index (χ0) is 17.1. The van der Waals surface area contributed by atoms with Crippen molar-refractivity contribution in [2.24, 2.45) is 0 Å². The van der Waals surface area contributed by atoms with Crippen molar-refractivity contribution in [1.82, 2.24) is 4.90 Å². The highest BCUT2D eigenvalue weighted by atomic mass is 35.5. The number of hydrogen-bond donors (Lipinski definition) is 1. The zero-order valence-corrected chi connectivity index (χ0v) is 15.0. The van der Waals surface area contributed by atoms with Crippen LogP contribution in [0.2, 0.25) is 5.02 Å². The van der Waals surface area contributed by atoms with Crippen molar-refractivity contribution >= 4 is 40.4 Å². The van der Waals surface area contributed by atoms with Crippen LogP contribution >= 0.6 is 22.9 Å². The van der Waals surface area contributed by atoms with Crippen LogP contribution in [-0.2, 0) is 17.6 Å². The van der Waals surface area contributed by atoms with Gasteiger partial charge in [-0.2, -0.15) is 0 Å². The molecule has 4 nitrogen and oxygen atoms in total. The van der Waals surface area contributed by atoms with Gasteiger partial charge in [-0.25, -0.2) is 0 Å². The van der Waals surface area contributed by atoms with Crippen LogP contribution in [0.3, 0.4) is 0 Å². The van der Waals surface area contributed by atoms with E-state index in [4.69, 9.17) is 11.6 Å². The van der Waals surface area contributed by atoms with Crippen molar-refractivity contribution in [2.75, 3.05) is 18.9 Å². The molecule has 126 valence electrons. The second kappa shape index (κ2) is 7.36. The number of halogens is 1. The van der Waals surface area contributed by atoms with Crippen molar-refractivity contribution in [1.29, 1.82) is 0 Å². The number of hydrogen-bond acceptors (Lipinski definition) is 3. The maximum atomic E-state index is 12.7. The van der Waals surface area contributed by atoms with Gasteiger partial charge in [0.05, 0.1) is 22.8 Å². The number of anilines is 1. The molecule has 0 atom stereocenters. The number of nitrogens with zero attached hydrogens (tertiary/aromatic N) is 1. The van der Waals surface area contributed by atoms with Crippen molar-refractivity contribution in [3.8, 4) is 0 Å². The van der Waals surface area contributed by atoms with Crippen LogP contribution in [0.4, 0.5) is 5.69 Å². The second-order valence-corrected chi connectivity index (χ2v) is 7.32. The molecule has 2 amide bonds. The van der Waals surface area contributed by atoms with Crippen molar-refractivity contribution in [3.05, 3.63) is 50.7 Å². The smallest absolute Gasteiger partial charge is 0.255 e. The fourth-order valence-corrected chi connectivity index (χ4v) is 4.22. The van der Waals surface area contributed by atoms with E-state index in [0.717, 1.165) is 24.8 Å². The maximum Gasteiger partial charge on any atom is 0.255 e. The highest BCUT2D eigenvalue weighted by Gasteiger charge is 2.23. The van der Waals surface area contributed by atoms with Gasteiger partial charge in [0.15, 0.2) is 0 Å². The zero-order valence-electron chi connectivity index (χ0n) is 13.5. The van der Waals surface area contributed by atoms with Crippen LogP contribution in [0, 0.1) is 0 Å². The maximum absolute atomic E-state index is 12.7. The topological polar surface area (TPSA) is 49.4 Å². The first kappa shape index (κ1) is 17.0. The average molecular weight is 363 g/mol. The van der Waals surface area contributed by atoms with Gasteiger partial charge in [0.1, 0.15) is 0 Å². The molecule has 0 saturated carbocycles. The molecule has 1 aromatic carbocycles. The molecule has 1 aliphatic carbocycles. The molecule has 1 heterocycles. The quantitative estimate of drug-likeness (QED) is 0.893. The van der Waals surface area contributed by atoms with Crippen molar-refractivity contribution in [3.63, 3.8) is 0 Å². The molecule has 2 aromatic rings. The Labute approximate surface area is 150 Å². The van der Waals surface area contributed by atoms with E-state index < -0.39 is 0 Å². The fourth-order valence-electron chi connectivity index (χ4n) is 2.92. The predicted molar refractivity (Wildman–Crippen MR) is 98.0 cm³/mol. The molecule has 1 N–H and O–H groups in total. The van der Waals surface area contributed by atoms with Gasteiger partial charge in [-0.3, -0.25) is 9.59 Å². The summed E-state index contributed by atoms with van der Waals surface area (Å²) >= 11 is 7.69. The second-order valence-electron chi connectivity index (χ2n) is 5.95. The molecule has 6 heteroatoms. The molecule has 1 aliphatic rings. The average Bonchev–Trinajstić information content (AvgIpc) is 3.00. The molecule has 0 spiro atoms. The summed E-state index contributed by atoms with van der Waals surface area (Å²) < 4.78 is 0. The highest BCUT2D eigenvalue weighted by molar-refractivity contribution is 7.10. The molecule has 3 rings (SSSR count). The Bertz CT molecular complexity index is 772. The van der Waals surface area contributed by atoms with E-state index in [2.05, 4.69) is 5.32 Å². The van der Waals surface area contributed by atoms with Gasteiger partial charge >= 0.3 is 0 Å². The molecule has 1 aromatic heterocycles. The van der Waals surface area contributed by atoms with Gasteiger partial charge < -0.3 is 10.2 Å². The normalized spacial score (nSPS) is 13.2. The molecule has 0 radical (unpaired) electrons. The van der Waals surface area contributed by atoms with E-state index in [-0.39, 0.29) is 18.4 Å². The lowest BCUT2D eigenvalue weighted by molar-refractivity contribution is -0.116. The minimum Gasteiger partial charge on any atom is -0.332 e. The summed E-state index contributed by atoms with van der Waals surface area (Å²) in [5.74, 6) is -0.355. The number of rotatable bonds is 4. The van der Waals surface area contributed by atoms with Crippen LogP contribution in [0.5, 0.6) is 0 Å². The van der Waals surface area contributed by atoms with E-state index in [1.54, 1.807) is 42.6 Å². The number of nitrogens with one attached hydrogen (secondary N) is 1. The lowest BCUT2D eigenvalue weighted by Crippen LogP contribution is -2.35. The Morgan fingerprint density at radius 3 is 2.79 bits per heavy atom. The van der Waals surface area contributed by atoms with Crippen LogP contribution in [-0.4, -0.2) is 30.3 Å². The molecular weight excluding hydrogens is 344 g/mol. The largest absolute Gasteiger partial charge is 0.332 e. The Kier molecular flexibility index (Phi) is 5.21. The number of aryl methyl sites for hydroxylation is 1. The van der Waals surface area contributed by atoms with E-state index in [0.29, 0.717) is 10.7 Å². The van der Waals surface area contributed by atoms with Gasteiger partial charge in [-0.05, 0) is 43.4 Å². The first-order valence-corrected chi connectivity index (χ1v) is 9.21. The minimum atomic E-state index is -0.261. The van der Waals surface area contributed by atoms with Crippen LogP contribution in [0.1, 0.15) is 33.6 Å². The van der Waals surface area contributed by atoms with Crippen molar-refractivity contribution in [2.45, 2.75) is 25.7 Å². The van der Waals surface area contributed by atoms with Gasteiger partial charge in [0.25, 0.3) is 5.91 Å². The van der Waals surface area contributed by atoms with Crippen LogP contribution in [0.15, 0.2) is 29.6 Å². The Hall–Kier alpha value is -1.85. The molecule has 0 saturated heterocycles. The third-order valence-corrected chi connectivity index (χ3v) is 5.59. The monoisotopic (exact) mass is 362 g/mol. The summed E-state index contributed by atoms with van der Waals surface area (Å²) in [6, 6.07) is 7.04. The first-order chi connectivity index (χ1) is 11.6. The summed E-state index contributed by atoms with van der Waals surface area (Å²) in [5.41, 5.74) is 2.48. The third kappa shape index (κ3) is 3.62. The van der Waals surface area contributed by atoms with Crippen LogP contribution < -0.4 is 5.32 Å². The third-order valence-electron chi connectivity index (χ3n) is 4.17. The Morgan fingerprint density at radius 2 is 2.00 bits per heavy atom. The Morgan fingerprint density at radius 1 is 1.25 bits per heavy atom. The number of amides is 2. The molecular formula is C18H19ClN2O2S. The molecule has 0 fully saturated rings. The van der Waals surface area contributed by atoms with Gasteiger partial charge in [-0.1, -0.05) is 23.7 Å². The fraction of sp³-hybridized carbons (Fsp3) is 0.333. The lowest BCUT2D eigenvalue weighted by Gasteiger charge is -2.19. The molecule has 0 bridgehead atoms. The number of likely N-dealkylation sites (N-methyl/N-ethyl adjacent to an activating group) is 1. The summed E-state index contributed by atoms with van der Waals surface area (Å²) in [7, 11) is 1.65. The Balaban J connectivity index is 1.65. The van der Waals surface area contributed by atoms with E-state index in [1.165, 1.54) is 21.8 Å². The van der Waals surface area contributed by atoms with E-state index in [9.17, 15) is 9.59 Å². The summed E-state index contributed by atoms with van der Waals surface area (Å²) in [4.78, 5) is 27.6. The number of carbonyl (C=O) groups is 2. The number of benzene rings is 1. The van der Waals surface area contributed by atoms with Crippen molar-refractivity contribution < 1.29 is 9.59 Å². The standard InChI is InChI=1S/C18H19ClN2O2S/c1-21(10-17(22)20-15-8-4-3-7-14(15)19)18(23)13-11-24-16-9-5-2-6-12(13)16/h3-4,7-8,11H,2,5-6,9-10H2,1H3,(H,20,22). The minimum absolute atomic E-state index is 0.00528. The summed E-state index contributed by atoms with van der Waals surface area (Å²) in [5, 5.41) is 5.15. The number of carbonyl (C=O) groups excluding carboxylic acids is 2. The SMILES string of the molecule is CN(CC(=O)Nc1ccccc1Cl)C(=O)c1csc2c1CCCC2. The molecule has 0 aliphatic heterocycles. The molecule has 0 unspecified atom stereocenters. The van der Waals surface area contributed by atoms with Gasteiger partial charge in [0, 0.05) is 17.3 Å². The van der Waals surface area contributed by atoms with E-state index >= 15 is 0 Å².